The van der Waals surface area contributed by atoms with Crippen LogP contribution in [-0.4, -0.2) is 99.5 Å². The summed E-state index contributed by atoms with van der Waals surface area (Å²) in [6, 6.07) is -2.14. The number of aliphatic hydroxyl groups is 2. The number of nitrogen functional groups attached to an aromatic ring is 1. The Morgan fingerprint density at radius 1 is 1.09 bits per heavy atom. The lowest BCUT2D eigenvalue weighted by Crippen LogP contribution is -2.46. The molecule has 1 saturated heterocycles. The average Bonchev–Trinajstić information content (AvgIpc) is 3.46. The number of ether oxygens (including phenoxy) is 4. The lowest BCUT2D eigenvalue weighted by atomic mass is 9.96. The second-order valence-corrected chi connectivity index (χ2v) is 13.5. The Morgan fingerprint density at radius 2 is 1.64 bits per heavy atom. The number of fused-ring (bicyclic) bond motifs is 1. The van der Waals surface area contributed by atoms with Gasteiger partial charge in [-0.2, -0.15) is 9.97 Å². The number of anilines is 1. The summed E-state index contributed by atoms with van der Waals surface area (Å²) in [6.45, 7) is 8.27. The van der Waals surface area contributed by atoms with E-state index in [2.05, 4.69) is 25.1 Å². The van der Waals surface area contributed by atoms with E-state index in [1.54, 1.807) is 0 Å². The largest absolute Gasteiger partial charge is 0.479 e. The molecule has 0 saturated carbocycles. The van der Waals surface area contributed by atoms with Gasteiger partial charge < -0.3 is 39.4 Å². The number of nitrogens with two attached hydrogens (primary N) is 1. The van der Waals surface area contributed by atoms with E-state index in [-0.39, 0.29) is 47.7 Å². The fraction of sp³-hybridized carbons (Fsp3) is 0.731. The summed E-state index contributed by atoms with van der Waals surface area (Å²) in [5.74, 6) is -1.41. The Bertz CT molecular complexity index is 1320. The van der Waals surface area contributed by atoms with Gasteiger partial charge in [-0.1, -0.05) is 27.7 Å². The first kappa shape index (κ1) is 35.6. The van der Waals surface area contributed by atoms with Crippen molar-refractivity contribution in [3.63, 3.8) is 0 Å². The molecule has 3 unspecified atom stereocenters. The zero-order chi connectivity index (χ0) is 33.0. The maximum Gasteiger partial charge on any atom is 0.342 e. The van der Waals surface area contributed by atoms with Gasteiger partial charge in [-0.05, 0) is 31.6 Å². The topological polar surface area (TPSA) is 232 Å². The van der Waals surface area contributed by atoms with Crippen LogP contribution in [0, 0.1) is 11.8 Å². The first-order valence-corrected chi connectivity index (χ1v) is 15.7. The van der Waals surface area contributed by atoms with Gasteiger partial charge in [0, 0.05) is 0 Å². The van der Waals surface area contributed by atoms with Crippen molar-refractivity contribution in [2.75, 3.05) is 33.7 Å². The van der Waals surface area contributed by atoms with Crippen LogP contribution in [-0.2, 0) is 32.9 Å². The van der Waals surface area contributed by atoms with E-state index in [9.17, 15) is 24.4 Å². The number of rotatable bonds is 15. The van der Waals surface area contributed by atoms with Gasteiger partial charge >= 0.3 is 19.6 Å². The zero-order valence-corrected chi connectivity index (χ0v) is 27.1. The number of aliphatic hydroxyl groups excluding tert-OH is 1. The van der Waals surface area contributed by atoms with E-state index < -0.39 is 62.3 Å². The Hall–Kier alpha value is -2.92. The molecule has 6 N–H and O–H groups in total. The highest BCUT2D eigenvalue weighted by Gasteiger charge is 2.54. The smallest absolute Gasteiger partial charge is 0.342 e. The lowest BCUT2D eigenvalue weighted by molar-refractivity contribution is -0.143. The van der Waals surface area contributed by atoms with Crippen LogP contribution >= 0.6 is 7.67 Å². The highest BCUT2D eigenvalue weighted by Crippen LogP contribution is 2.45. The molecule has 1 fully saturated rings. The number of nitrogens with zero attached hydrogens (tertiary/aromatic N) is 4. The summed E-state index contributed by atoms with van der Waals surface area (Å²) in [4.78, 5) is 37.6. The number of carbonyl (C=O) groups excluding carboxylic acids is 2. The molecule has 0 aliphatic carbocycles. The van der Waals surface area contributed by atoms with Gasteiger partial charge in [0.15, 0.2) is 17.4 Å². The van der Waals surface area contributed by atoms with Crippen LogP contribution in [0.3, 0.4) is 0 Å². The molecular weight excluding hydrogens is 601 g/mol. The van der Waals surface area contributed by atoms with Crippen molar-refractivity contribution < 1.29 is 47.8 Å². The van der Waals surface area contributed by atoms with Crippen LogP contribution in [0.15, 0.2) is 6.33 Å². The zero-order valence-electron chi connectivity index (χ0n) is 26.2. The molecule has 0 spiro atoms. The van der Waals surface area contributed by atoms with Crippen molar-refractivity contribution in [3.8, 4) is 5.88 Å². The summed E-state index contributed by atoms with van der Waals surface area (Å²) < 4.78 is 42.6. The summed E-state index contributed by atoms with van der Waals surface area (Å²) >= 11 is 0. The molecule has 1 aliphatic heterocycles. The van der Waals surface area contributed by atoms with Gasteiger partial charge in [0.1, 0.15) is 29.9 Å². The highest BCUT2D eigenvalue weighted by molar-refractivity contribution is 7.54. The van der Waals surface area contributed by atoms with Gasteiger partial charge in [0.25, 0.3) is 0 Å². The lowest BCUT2D eigenvalue weighted by Gasteiger charge is -2.30. The van der Waals surface area contributed by atoms with E-state index in [1.165, 1.54) is 39.1 Å². The third-order valence-electron chi connectivity index (χ3n) is 7.07. The van der Waals surface area contributed by atoms with Crippen molar-refractivity contribution in [2.45, 2.75) is 83.6 Å². The second kappa shape index (κ2) is 14.5. The number of nitrogens with one attached hydrogen (secondary N) is 2. The minimum Gasteiger partial charge on any atom is -0.479 e. The fourth-order valence-electron chi connectivity index (χ4n) is 4.93. The first-order valence-electron chi connectivity index (χ1n) is 14.1. The maximum atomic E-state index is 14.3. The van der Waals surface area contributed by atoms with Gasteiger partial charge in [-0.15, -0.1) is 0 Å². The predicted octanol–water partition coefficient (Wildman–Crippen LogP) is 0.906. The summed E-state index contributed by atoms with van der Waals surface area (Å²) in [5.41, 5.74) is 4.32. The van der Waals surface area contributed by atoms with E-state index in [4.69, 9.17) is 29.2 Å². The van der Waals surface area contributed by atoms with Gasteiger partial charge in [0.2, 0.25) is 11.8 Å². The second-order valence-electron chi connectivity index (χ2n) is 11.6. The Labute approximate surface area is 255 Å². The van der Waals surface area contributed by atoms with Crippen LogP contribution in [0.4, 0.5) is 5.95 Å². The standard InChI is InChI=1S/C26H44N7O10P/c1-13(2)9-15(22(35)40-7)31-44(38,32-16(10-14(3)4)23(36)41-8)42-11-17-19(34)26(5,37)24(43-17)33-12-28-18-20(33)29-25(27)30-21(18)39-6/h12-17,19,24,34,37H,9-11H2,1-8H3,(H2,27,29,30)(H2,31,32,38)/t15?,16?,17-,19+,24-,26?,44?/m1/s1. The SMILES string of the molecule is COC(=O)C(CC(C)C)NP(=O)(NC(CC(C)C)C(=O)OC)OC[C@H]1O[C@@H](n2cnc3c(OC)nc(N)nc32)C(C)(O)[C@H]1O. The minimum absolute atomic E-state index is 0.00978. The van der Waals surface area contributed by atoms with Crippen molar-refractivity contribution in [1.29, 1.82) is 0 Å². The number of esters is 2. The van der Waals surface area contributed by atoms with Gasteiger partial charge in [0.05, 0.1) is 34.3 Å². The third kappa shape index (κ3) is 8.02. The Kier molecular flexibility index (Phi) is 11.7. The van der Waals surface area contributed by atoms with Crippen molar-refractivity contribution >= 4 is 36.7 Å². The molecule has 3 rings (SSSR count). The van der Waals surface area contributed by atoms with Crippen LogP contribution in [0.2, 0.25) is 0 Å². The molecular formula is C26H44N7O10P. The normalized spacial score (nSPS) is 24.8. The van der Waals surface area contributed by atoms with Crippen LogP contribution in [0.5, 0.6) is 5.88 Å². The van der Waals surface area contributed by atoms with Gasteiger partial charge in [-0.3, -0.25) is 18.7 Å². The summed E-state index contributed by atoms with van der Waals surface area (Å²) in [6.07, 6.45) is -2.26. The maximum absolute atomic E-state index is 14.3. The molecule has 1 aliphatic rings. The minimum atomic E-state index is -4.28. The average molecular weight is 646 g/mol. The van der Waals surface area contributed by atoms with Crippen LogP contribution in [0.25, 0.3) is 11.2 Å². The van der Waals surface area contributed by atoms with Crippen LogP contribution in [0.1, 0.15) is 53.7 Å². The number of aromatic nitrogens is 4. The number of methoxy groups -OCH3 is 3. The molecule has 0 bridgehead atoms. The van der Waals surface area contributed by atoms with E-state index in [1.807, 2.05) is 27.7 Å². The van der Waals surface area contributed by atoms with Crippen molar-refractivity contribution in [2.24, 2.45) is 11.8 Å². The molecule has 6 atom stereocenters. The van der Waals surface area contributed by atoms with E-state index >= 15 is 0 Å². The number of hydrogen-bond donors (Lipinski definition) is 5. The summed E-state index contributed by atoms with van der Waals surface area (Å²) in [5, 5.41) is 27.9. The Balaban J connectivity index is 1.93. The molecule has 248 valence electrons. The molecule has 0 amide bonds. The highest BCUT2D eigenvalue weighted by atomic mass is 31.2. The molecule has 0 aromatic carbocycles. The van der Waals surface area contributed by atoms with E-state index in [0.29, 0.717) is 0 Å². The van der Waals surface area contributed by atoms with E-state index in [0.717, 1.165) is 0 Å². The molecule has 3 heterocycles. The molecule has 2 aromatic rings. The number of imidazole rings is 1. The molecule has 18 heteroatoms. The van der Waals surface area contributed by atoms with Crippen LogP contribution < -0.4 is 20.6 Å². The fourth-order valence-corrected chi connectivity index (χ4v) is 6.75. The first-order chi connectivity index (χ1) is 20.6. The number of carbonyl (C=O) groups is 2. The molecule has 17 nitrogen and oxygen atoms in total. The number of hydrogen-bond acceptors (Lipinski definition) is 14. The summed E-state index contributed by atoms with van der Waals surface area (Å²) in [7, 11) is -0.496. The van der Waals surface area contributed by atoms with Crippen molar-refractivity contribution in [1.82, 2.24) is 29.7 Å². The quantitative estimate of drug-likeness (QED) is 0.134. The van der Waals surface area contributed by atoms with Gasteiger partial charge in [-0.25, -0.2) is 15.2 Å². The van der Waals surface area contributed by atoms with Crippen molar-refractivity contribution in [3.05, 3.63) is 6.33 Å². The third-order valence-corrected chi connectivity index (χ3v) is 8.88. The molecule has 44 heavy (non-hydrogen) atoms. The molecule has 0 radical (unpaired) electrons. The molecule has 2 aromatic heterocycles. The Morgan fingerprint density at radius 3 is 2.11 bits per heavy atom. The monoisotopic (exact) mass is 645 g/mol. The predicted molar refractivity (Wildman–Crippen MR) is 157 cm³/mol.